The number of anilines is 1. The van der Waals surface area contributed by atoms with Crippen LogP contribution in [0.2, 0.25) is 5.02 Å². The van der Waals surface area contributed by atoms with Crippen molar-refractivity contribution in [1.82, 2.24) is 14.8 Å². The first kappa shape index (κ1) is 22.2. The van der Waals surface area contributed by atoms with Crippen LogP contribution in [0.25, 0.3) is 0 Å². The normalized spacial score (nSPS) is 19.2. The summed E-state index contributed by atoms with van der Waals surface area (Å²) in [6, 6.07) is 13.9. The summed E-state index contributed by atoms with van der Waals surface area (Å²) in [6.45, 7) is 8.50. The average Bonchev–Trinajstić information content (AvgIpc) is 3.14. The molecule has 0 saturated carbocycles. The van der Waals surface area contributed by atoms with E-state index in [-0.39, 0.29) is 17.2 Å². The largest absolute Gasteiger partial charge is 0.328 e. The number of aryl methyl sites for hydroxylation is 2. The topological polar surface area (TPSA) is 59.8 Å². The van der Waals surface area contributed by atoms with E-state index < -0.39 is 0 Å². The van der Waals surface area contributed by atoms with E-state index in [1.165, 1.54) is 16.7 Å². The Hall–Kier alpha value is -2.57. The molecule has 0 fully saturated rings. The molecule has 1 aliphatic carbocycles. The maximum atomic E-state index is 13.3. The van der Waals surface area contributed by atoms with Crippen LogP contribution in [-0.4, -0.2) is 20.5 Å². The molecule has 0 amide bonds. The quantitative estimate of drug-likeness (QED) is 0.434. The third-order valence-electron chi connectivity index (χ3n) is 6.34. The molecule has 5 rings (SSSR count). The number of benzene rings is 2. The first-order valence-electron chi connectivity index (χ1n) is 11.1. The lowest BCUT2D eigenvalue weighted by Crippen LogP contribution is -2.36. The van der Waals surface area contributed by atoms with Crippen LogP contribution in [0, 0.1) is 19.3 Å². The van der Waals surface area contributed by atoms with Gasteiger partial charge in [-0.3, -0.25) is 4.79 Å². The van der Waals surface area contributed by atoms with Gasteiger partial charge in [0.1, 0.15) is 6.04 Å². The fourth-order valence-electron chi connectivity index (χ4n) is 4.73. The zero-order valence-electron chi connectivity index (χ0n) is 19.3. The summed E-state index contributed by atoms with van der Waals surface area (Å²) in [7, 11) is 0. The number of fused-ring (bicyclic) bond motifs is 1. The number of rotatable bonds is 4. The Morgan fingerprint density at radius 2 is 2.00 bits per heavy atom. The summed E-state index contributed by atoms with van der Waals surface area (Å²) in [4.78, 5) is 18.1. The number of hydrogen-bond donors (Lipinski definition) is 1. The number of nitrogens with one attached hydrogen (secondary N) is 1. The molecule has 5 nitrogen and oxygen atoms in total. The van der Waals surface area contributed by atoms with Crippen LogP contribution in [0.4, 0.5) is 5.95 Å². The molecule has 170 valence electrons. The summed E-state index contributed by atoms with van der Waals surface area (Å²) >= 11 is 7.94. The molecule has 33 heavy (non-hydrogen) atoms. The van der Waals surface area contributed by atoms with E-state index in [4.69, 9.17) is 21.7 Å². The summed E-state index contributed by atoms with van der Waals surface area (Å²) in [5.74, 6) is 1.62. The van der Waals surface area contributed by atoms with Gasteiger partial charge >= 0.3 is 0 Å². The lowest BCUT2D eigenvalue weighted by atomic mass is 9.73. The van der Waals surface area contributed by atoms with E-state index >= 15 is 0 Å². The van der Waals surface area contributed by atoms with E-state index in [2.05, 4.69) is 51.2 Å². The van der Waals surface area contributed by atoms with Crippen molar-refractivity contribution in [3.63, 3.8) is 0 Å². The van der Waals surface area contributed by atoms with Crippen molar-refractivity contribution in [3.05, 3.63) is 81.0 Å². The van der Waals surface area contributed by atoms with Crippen molar-refractivity contribution in [3.8, 4) is 0 Å². The Morgan fingerprint density at radius 1 is 1.18 bits per heavy atom. The SMILES string of the molecule is Cc1ccc(C)c(CSc2nc3n(n2)[C@H](c2cccc(Cl)c2)C2=C(CC(C)(C)CC2=O)N3)c1. The zero-order valence-corrected chi connectivity index (χ0v) is 20.8. The molecule has 1 aromatic heterocycles. The Morgan fingerprint density at radius 3 is 2.79 bits per heavy atom. The van der Waals surface area contributed by atoms with Gasteiger partial charge in [0.15, 0.2) is 5.78 Å². The van der Waals surface area contributed by atoms with E-state index in [0.29, 0.717) is 22.5 Å². The van der Waals surface area contributed by atoms with Crippen molar-refractivity contribution in [1.29, 1.82) is 0 Å². The molecule has 1 aliphatic heterocycles. The van der Waals surface area contributed by atoms with Crippen molar-refractivity contribution in [2.45, 2.75) is 57.5 Å². The predicted octanol–water partition coefficient (Wildman–Crippen LogP) is 6.50. The van der Waals surface area contributed by atoms with Gasteiger partial charge in [-0.1, -0.05) is 73.1 Å². The lowest BCUT2D eigenvalue weighted by molar-refractivity contribution is -0.118. The van der Waals surface area contributed by atoms with Gasteiger partial charge in [0, 0.05) is 28.5 Å². The number of halogens is 1. The first-order chi connectivity index (χ1) is 15.7. The van der Waals surface area contributed by atoms with E-state index in [1.807, 2.05) is 28.9 Å². The Bertz CT molecular complexity index is 1290. The Kier molecular flexibility index (Phi) is 5.61. The minimum absolute atomic E-state index is 0.0930. The Balaban J connectivity index is 1.53. The van der Waals surface area contributed by atoms with Gasteiger partial charge in [-0.2, -0.15) is 4.98 Å². The van der Waals surface area contributed by atoms with Gasteiger partial charge in [-0.25, -0.2) is 4.68 Å². The molecular weight excluding hydrogens is 452 g/mol. The lowest BCUT2D eigenvalue weighted by Gasteiger charge is -2.38. The fourth-order valence-corrected chi connectivity index (χ4v) is 5.82. The van der Waals surface area contributed by atoms with Gasteiger partial charge in [0.2, 0.25) is 11.1 Å². The number of nitrogens with zero attached hydrogens (tertiary/aromatic N) is 3. The molecule has 0 bridgehead atoms. The van der Waals surface area contributed by atoms with Crippen molar-refractivity contribution in [2.75, 3.05) is 5.32 Å². The van der Waals surface area contributed by atoms with Gasteiger partial charge in [0.05, 0.1) is 0 Å². The molecule has 1 N–H and O–H groups in total. The molecule has 3 aromatic rings. The Labute approximate surface area is 203 Å². The molecule has 1 atom stereocenters. The average molecular weight is 479 g/mol. The summed E-state index contributed by atoms with van der Waals surface area (Å²) in [5.41, 5.74) is 6.37. The van der Waals surface area contributed by atoms with Gasteiger partial charge < -0.3 is 5.32 Å². The molecule has 7 heteroatoms. The molecule has 2 aliphatic rings. The third-order valence-corrected chi connectivity index (χ3v) is 7.46. The van der Waals surface area contributed by atoms with Gasteiger partial charge in [-0.05, 0) is 54.5 Å². The highest BCUT2D eigenvalue weighted by Gasteiger charge is 2.41. The second kappa shape index (κ2) is 8.33. The van der Waals surface area contributed by atoms with E-state index in [9.17, 15) is 4.79 Å². The van der Waals surface area contributed by atoms with Gasteiger partial charge in [0.25, 0.3) is 0 Å². The predicted molar refractivity (Wildman–Crippen MR) is 134 cm³/mol. The number of thioether (sulfide) groups is 1. The standard InChI is InChI=1S/C26H27ClN4OS/c1-15-8-9-16(2)18(10-15)14-33-25-29-24-28-20-12-26(3,4)13-21(32)22(20)23(31(24)30-25)17-6-5-7-19(27)11-17/h5-11,23H,12-14H2,1-4H3,(H,28,29,30)/t23-/m1/s1. The minimum Gasteiger partial charge on any atom is -0.328 e. The van der Waals surface area contributed by atoms with Crippen molar-refractivity contribution in [2.24, 2.45) is 5.41 Å². The molecule has 2 heterocycles. The number of carbonyl (C=O) groups is 1. The first-order valence-corrected chi connectivity index (χ1v) is 12.5. The number of carbonyl (C=O) groups excluding carboxylic acids is 1. The van der Waals surface area contributed by atoms with Crippen LogP contribution in [0.5, 0.6) is 0 Å². The number of Topliss-reactive ketones (excluding diaryl/α,β-unsaturated/α-hetero) is 1. The minimum atomic E-state index is -0.332. The van der Waals surface area contributed by atoms with E-state index in [1.54, 1.807) is 11.8 Å². The second-order valence-corrected chi connectivity index (χ2v) is 11.2. The third kappa shape index (κ3) is 4.34. The van der Waals surface area contributed by atoms with Crippen molar-refractivity contribution >= 4 is 35.1 Å². The molecule has 0 saturated heterocycles. The highest BCUT2D eigenvalue weighted by Crippen LogP contribution is 2.46. The van der Waals surface area contributed by atoms with Crippen LogP contribution in [0.3, 0.4) is 0 Å². The van der Waals surface area contributed by atoms with E-state index in [0.717, 1.165) is 29.0 Å². The molecule has 0 radical (unpaired) electrons. The van der Waals surface area contributed by atoms with Crippen LogP contribution in [-0.2, 0) is 10.5 Å². The van der Waals surface area contributed by atoms with Crippen LogP contribution < -0.4 is 5.32 Å². The fraction of sp³-hybridized carbons (Fsp3) is 0.346. The van der Waals surface area contributed by atoms with Crippen LogP contribution in [0.1, 0.15) is 55.0 Å². The number of hydrogen-bond acceptors (Lipinski definition) is 5. The highest BCUT2D eigenvalue weighted by atomic mass is 35.5. The zero-order chi connectivity index (χ0) is 23.3. The maximum Gasteiger partial charge on any atom is 0.227 e. The smallest absolute Gasteiger partial charge is 0.227 e. The monoisotopic (exact) mass is 478 g/mol. The summed E-state index contributed by atoms with van der Waals surface area (Å²) in [5, 5.41) is 9.62. The highest BCUT2D eigenvalue weighted by molar-refractivity contribution is 7.98. The maximum absolute atomic E-state index is 13.3. The van der Waals surface area contributed by atoms with Crippen LogP contribution >= 0.6 is 23.4 Å². The molecular formula is C26H27ClN4OS. The number of allylic oxidation sites excluding steroid dienone is 2. The summed E-state index contributed by atoms with van der Waals surface area (Å²) < 4.78 is 1.85. The molecule has 0 unspecified atom stereocenters. The molecule has 0 spiro atoms. The second-order valence-electron chi connectivity index (χ2n) is 9.80. The molecule has 2 aromatic carbocycles. The number of ketones is 1. The van der Waals surface area contributed by atoms with Crippen molar-refractivity contribution < 1.29 is 4.79 Å². The van der Waals surface area contributed by atoms with Gasteiger partial charge in [-0.15, -0.1) is 5.10 Å². The summed E-state index contributed by atoms with van der Waals surface area (Å²) in [6.07, 6.45) is 1.31. The van der Waals surface area contributed by atoms with Crippen LogP contribution in [0.15, 0.2) is 58.9 Å². The number of aromatic nitrogens is 3.